The number of fused-ring (bicyclic) bond motifs is 1. The van der Waals surface area contributed by atoms with Crippen molar-refractivity contribution in [1.29, 1.82) is 0 Å². The third-order valence-corrected chi connectivity index (χ3v) is 14.8. The van der Waals surface area contributed by atoms with Crippen molar-refractivity contribution in [3.05, 3.63) is 238 Å². The molecule has 6 aromatic carbocycles. The molecule has 2 N–H and O–H groups in total. The highest BCUT2D eigenvalue weighted by Crippen LogP contribution is 2.44. The van der Waals surface area contributed by atoms with Crippen LogP contribution in [-0.2, 0) is 49.4 Å². The number of nitrogens with one attached hydrogen (secondary N) is 2. The largest absolute Gasteiger partial charge is 0.425 e. The number of thiazole rings is 1. The Labute approximate surface area is 438 Å². The van der Waals surface area contributed by atoms with Crippen LogP contribution in [0.15, 0.2) is 204 Å². The van der Waals surface area contributed by atoms with E-state index in [0.717, 1.165) is 33.4 Å². The number of anilines is 1. The van der Waals surface area contributed by atoms with Gasteiger partial charge in [0.2, 0.25) is 11.9 Å². The topological polar surface area (TPSA) is 158 Å². The molecule has 3 atom stereocenters. The minimum absolute atomic E-state index is 0.0293. The van der Waals surface area contributed by atoms with Crippen molar-refractivity contribution >= 4 is 57.7 Å². The Morgan fingerprint density at radius 3 is 1.61 bits per heavy atom. The Morgan fingerprint density at radius 2 is 1.16 bits per heavy atom. The van der Waals surface area contributed by atoms with Gasteiger partial charge in [0.15, 0.2) is 10.8 Å². The molecule has 2 aliphatic heterocycles. The molecule has 376 valence electrons. The van der Waals surface area contributed by atoms with Gasteiger partial charge in [-0.3, -0.25) is 19.3 Å². The Morgan fingerprint density at radius 1 is 0.703 bits per heavy atom. The summed E-state index contributed by atoms with van der Waals surface area (Å²) >= 11 is 2.64. The summed E-state index contributed by atoms with van der Waals surface area (Å²) in [5.41, 5.74) is 2.33. The van der Waals surface area contributed by atoms with Crippen LogP contribution < -0.4 is 10.6 Å². The summed E-state index contributed by atoms with van der Waals surface area (Å²) in [5, 5.41) is 13.0. The molecule has 74 heavy (non-hydrogen) atoms. The number of ether oxygens (including phenoxy) is 3. The van der Waals surface area contributed by atoms with Gasteiger partial charge >= 0.3 is 11.9 Å². The predicted octanol–water partition coefficient (Wildman–Crippen LogP) is 10.0. The Hall–Kier alpha value is -7.85. The summed E-state index contributed by atoms with van der Waals surface area (Å²) in [4.78, 5) is 69.6. The maximum Gasteiger partial charge on any atom is 0.358 e. The molecule has 0 radical (unpaired) electrons. The number of carbonyl (C=O) groups excluding carboxylic acids is 4. The second-order valence-corrected chi connectivity index (χ2v) is 20.7. The van der Waals surface area contributed by atoms with Gasteiger partial charge in [-0.15, -0.1) is 23.1 Å². The lowest BCUT2D eigenvalue weighted by atomic mass is 9.77. The normalized spacial score (nSPS) is 16.3. The average Bonchev–Trinajstić information content (AvgIpc) is 3.90. The molecule has 0 aliphatic carbocycles. The third-order valence-electron chi connectivity index (χ3n) is 12.7. The molecule has 15 heteroatoms. The molecule has 1 aromatic heterocycles. The number of hydrogen-bond donors (Lipinski definition) is 2. The van der Waals surface area contributed by atoms with Crippen LogP contribution in [0, 0.1) is 5.41 Å². The van der Waals surface area contributed by atoms with Crippen LogP contribution in [0.2, 0.25) is 0 Å². The predicted molar refractivity (Wildman–Crippen MR) is 287 cm³/mol. The first-order valence-electron chi connectivity index (χ1n) is 24.1. The second kappa shape index (κ2) is 22.1. The minimum atomic E-state index is -1.38. The molecule has 3 heterocycles. The monoisotopic (exact) mass is 1030 g/mol. The van der Waals surface area contributed by atoms with Crippen LogP contribution in [0.4, 0.5) is 5.13 Å². The van der Waals surface area contributed by atoms with E-state index in [-0.39, 0.29) is 29.5 Å². The molecule has 0 bridgehead atoms. The van der Waals surface area contributed by atoms with Crippen LogP contribution in [0.1, 0.15) is 66.8 Å². The molecule has 9 rings (SSSR count). The summed E-state index contributed by atoms with van der Waals surface area (Å²) < 4.78 is 16.5. The van der Waals surface area contributed by atoms with E-state index < -0.39 is 58.0 Å². The highest BCUT2D eigenvalue weighted by molar-refractivity contribution is 8.00. The summed E-state index contributed by atoms with van der Waals surface area (Å²) in [6, 6.07) is 58.1. The zero-order valence-electron chi connectivity index (χ0n) is 41.5. The molecule has 1 saturated heterocycles. The van der Waals surface area contributed by atoms with E-state index in [0.29, 0.717) is 10.7 Å². The van der Waals surface area contributed by atoms with Crippen LogP contribution >= 0.6 is 23.1 Å². The van der Waals surface area contributed by atoms with Crippen LogP contribution in [0.25, 0.3) is 0 Å². The molecular formula is C59H55N5O8S2. The Balaban J connectivity index is 1.12. The lowest BCUT2D eigenvalue weighted by Gasteiger charge is -2.49. The molecule has 13 nitrogen and oxygen atoms in total. The quantitative estimate of drug-likeness (QED) is 0.0211. The number of oxime groups is 1. The van der Waals surface area contributed by atoms with E-state index in [1.807, 2.05) is 146 Å². The molecule has 0 spiro atoms. The Bertz CT molecular complexity index is 2960. The first-order chi connectivity index (χ1) is 35.8. The van der Waals surface area contributed by atoms with Gasteiger partial charge in [0, 0.05) is 41.9 Å². The molecule has 2 unspecified atom stereocenters. The Kier molecular flexibility index (Phi) is 15.2. The van der Waals surface area contributed by atoms with E-state index >= 15 is 4.79 Å². The first-order valence-corrected chi connectivity index (χ1v) is 26.0. The average molecular weight is 1030 g/mol. The number of β-lactam (4-membered cyclic amide) rings is 1. The lowest BCUT2D eigenvalue weighted by Crippen LogP contribution is -2.71. The van der Waals surface area contributed by atoms with Gasteiger partial charge in [0.25, 0.3) is 11.8 Å². The fourth-order valence-corrected chi connectivity index (χ4v) is 11.2. The van der Waals surface area contributed by atoms with Crippen molar-refractivity contribution < 1.29 is 38.2 Å². The molecule has 7 aromatic rings. The number of nitrogens with zero attached hydrogens (tertiary/aromatic N) is 3. The van der Waals surface area contributed by atoms with E-state index in [4.69, 9.17) is 29.2 Å². The number of carbonyl (C=O) groups is 4. The van der Waals surface area contributed by atoms with E-state index in [2.05, 4.69) is 47.0 Å². The van der Waals surface area contributed by atoms with Crippen LogP contribution in [-0.4, -0.2) is 76.5 Å². The van der Waals surface area contributed by atoms with Gasteiger partial charge in [-0.25, -0.2) is 9.78 Å². The summed E-state index contributed by atoms with van der Waals surface area (Å²) in [7, 11) is 1.48. The number of amides is 2. The summed E-state index contributed by atoms with van der Waals surface area (Å²) in [6.07, 6.45) is -1.25. The smallest absolute Gasteiger partial charge is 0.358 e. The number of rotatable bonds is 18. The van der Waals surface area contributed by atoms with Gasteiger partial charge in [0.05, 0.1) is 12.0 Å². The minimum Gasteiger partial charge on any atom is -0.425 e. The summed E-state index contributed by atoms with van der Waals surface area (Å²) in [5.74, 6) is -2.47. The zero-order chi connectivity index (χ0) is 51.9. The fraction of sp³-hybridized carbons (Fsp3) is 0.220. The van der Waals surface area contributed by atoms with Gasteiger partial charge in [-0.05, 0) is 43.0 Å². The van der Waals surface area contributed by atoms with Crippen molar-refractivity contribution in [3.63, 3.8) is 0 Å². The molecule has 2 amide bonds. The maximum absolute atomic E-state index is 15.2. The lowest BCUT2D eigenvalue weighted by molar-refractivity contribution is -0.190. The van der Waals surface area contributed by atoms with Crippen molar-refractivity contribution in [1.82, 2.24) is 15.2 Å². The number of aromatic nitrogens is 1. The standard InChI is InChI=1S/C59H55N5O8S2/c1-39(71-55(68)57(2,3)4)70-54(67)50-40(36-69-5)37-73-53-49(52(66)64(50)53)61-51(65)48(63-72-59(44-30-18-9-19-31-44,45-32-20-10-21-33-45)46-34-22-11-23-35-46)47-38-74-56(60-47)62-58(41-24-12-6-13-25-41,42-26-14-7-15-27-42)43-28-16-8-17-29-43/h6-35,38-39,49,53H,36-37H2,1-5H3,(H,60,62)(H,61,65)/b63-48-/t39?,49?,53-/m0/s1. The van der Waals surface area contributed by atoms with E-state index in [9.17, 15) is 14.4 Å². The SMILES string of the molecule is COCC1=C(C(=O)OC(C)OC(=O)C(C)(C)C)N2C(=O)C(NC(=O)/C(=N\OC(c3ccccc3)(c3ccccc3)c3ccccc3)c3csc(NC(c4ccccc4)(c4ccccc4)c4ccccc4)n3)[C@@H]2SC1. The first kappa shape index (κ1) is 51.1. The van der Waals surface area contributed by atoms with E-state index in [1.54, 1.807) is 26.2 Å². The van der Waals surface area contributed by atoms with Gasteiger partial charge in [0.1, 0.15) is 28.3 Å². The number of esters is 2. The second-order valence-electron chi connectivity index (χ2n) is 18.7. The van der Waals surface area contributed by atoms with Crippen LogP contribution in [0.3, 0.4) is 0 Å². The number of methoxy groups -OCH3 is 1. The van der Waals surface area contributed by atoms with Gasteiger partial charge < -0.3 is 29.7 Å². The maximum atomic E-state index is 15.2. The van der Waals surface area contributed by atoms with Gasteiger partial charge in [-0.1, -0.05) is 187 Å². The number of thioether (sulfide) groups is 1. The highest BCUT2D eigenvalue weighted by atomic mass is 32.2. The molecule has 2 aliphatic rings. The van der Waals surface area contributed by atoms with Crippen molar-refractivity contribution in [2.75, 3.05) is 24.8 Å². The highest BCUT2D eigenvalue weighted by Gasteiger charge is 2.55. The number of benzene rings is 6. The van der Waals surface area contributed by atoms with Gasteiger partial charge in [-0.2, -0.15) is 0 Å². The van der Waals surface area contributed by atoms with E-state index in [1.165, 1.54) is 42.0 Å². The molecule has 1 fully saturated rings. The molecular weight excluding hydrogens is 971 g/mol. The number of hydrogen-bond acceptors (Lipinski definition) is 13. The third kappa shape index (κ3) is 10.2. The van der Waals surface area contributed by atoms with Crippen molar-refractivity contribution in [2.24, 2.45) is 10.6 Å². The van der Waals surface area contributed by atoms with Crippen LogP contribution in [0.5, 0.6) is 0 Å². The van der Waals surface area contributed by atoms with Crippen molar-refractivity contribution in [2.45, 2.75) is 56.5 Å². The van der Waals surface area contributed by atoms with Crippen molar-refractivity contribution in [3.8, 4) is 0 Å². The fourth-order valence-electron chi connectivity index (χ4n) is 9.10. The zero-order valence-corrected chi connectivity index (χ0v) is 43.1. The summed E-state index contributed by atoms with van der Waals surface area (Å²) in [6.45, 7) is 6.52. The molecule has 0 saturated carbocycles.